The van der Waals surface area contributed by atoms with Crippen molar-refractivity contribution in [1.29, 1.82) is 0 Å². The van der Waals surface area contributed by atoms with Gasteiger partial charge in [0.25, 0.3) is 5.91 Å². The summed E-state index contributed by atoms with van der Waals surface area (Å²) in [7, 11) is 0. The van der Waals surface area contributed by atoms with Crippen LogP contribution in [0.1, 0.15) is 67.4 Å². The van der Waals surface area contributed by atoms with E-state index in [-0.39, 0.29) is 24.3 Å². The molecule has 8 nitrogen and oxygen atoms in total. The van der Waals surface area contributed by atoms with E-state index in [1.165, 1.54) is 6.42 Å². The third-order valence-corrected chi connectivity index (χ3v) is 7.54. The highest BCUT2D eigenvalue weighted by Crippen LogP contribution is 2.29. The number of pyridine rings is 1. The molecule has 0 unspecified atom stereocenters. The van der Waals surface area contributed by atoms with Crippen LogP contribution in [0.5, 0.6) is 0 Å². The normalized spacial score (nSPS) is 19.1. The first-order valence-electron chi connectivity index (χ1n) is 12.2. The summed E-state index contributed by atoms with van der Waals surface area (Å²) in [6, 6.07) is 4.02. The van der Waals surface area contributed by atoms with Gasteiger partial charge in [-0.05, 0) is 43.7 Å². The highest BCUT2D eigenvalue weighted by molar-refractivity contribution is 7.99. The van der Waals surface area contributed by atoms with Gasteiger partial charge in [0.15, 0.2) is 0 Å². The summed E-state index contributed by atoms with van der Waals surface area (Å²) in [6.07, 6.45) is 13.5. The number of aromatic nitrogens is 3. The van der Waals surface area contributed by atoms with Gasteiger partial charge in [-0.2, -0.15) is 0 Å². The van der Waals surface area contributed by atoms with E-state index in [0.29, 0.717) is 12.1 Å². The van der Waals surface area contributed by atoms with E-state index in [4.69, 9.17) is 4.98 Å². The molecule has 0 bridgehead atoms. The van der Waals surface area contributed by atoms with Crippen LogP contribution in [0, 0.1) is 5.92 Å². The minimum Gasteiger partial charge on any atom is -0.481 e. The number of carboxylic acids is 1. The lowest BCUT2D eigenvalue weighted by Crippen LogP contribution is -2.38. The second kappa shape index (κ2) is 12.1. The van der Waals surface area contributed by atoms with Gasteiger partial charge in [-0.15, -0.1) is 11.8 Å². The Morgan fingerprint density at radius 1 is 1.12 bits per heavy atom. The molecule has 4 rings (SSSR count). The first-order valence-corrected chi connectivity index (χ1v) is 13.2. The van der Waals surface area contributed by atoms with Gasteiger partial charge >= 0.3 is 5.97 Å². The van der Waals surface area contributed by atoms with Crippen molar-refractivity contribution >= 4 is 29.5 Å². The molecule has 2 aromatic heterocycles. The Balaban J connectivity index is 1.49. The SMILES string of the molecule is O=C(O)C[C@@H]1CCCN(c2ccc(C(=O)NC3CCCCC3)c(SCCc3cnccn3)n2)C1. The first kappa shape index (κ1) is 24.4. The lowest BCUT2D eigenvalue weighted by atomic mass is 9.95. The molecule has 2 N–H and O–H groups in total. The maximum atomic E-state index is 13.2. The van der Waals surface area contributed by atoms with E-state index in [1.807, 2.05) is 12.1 Å². The minimum absolute atomic E-state index is 0.0599. The van der Waals surface area contributed by atoms with Gasteiger partial charge in [-0.1, -0.05) is 19.3 Å². The molecule has 0 aromatic carbocycles. The second-order valence-corrected chi connectivity index (χ2v) is 10.3. The smallest absolute Gasteiger partial charge is 0.303 e. The summed E-state index contributed by atoms with van der Waals surface area (Å²) in [4.78, 5) is 39.9. The number of carbonyl (C=O) groups excluding carboxylic acids is 1. The van der Waals surface area contributed by atoms with E-state index >= 15 is 0 Å². The molecular formula is C25H33N5O3S. The van der Waals surface area contributed by atoms with Crippen molar-refractivity contribution in [3.05, 3.63) is 42.0 Å². The van der Waals surface area contributed by atoms with Gasteiger partial charge < -0.3 is 15.3 Å². The number of piperidine rings is 1. The molecule has 34 heavy (non-hydrogen) atoms. The second-order valence-electron chi connectivity index (χ2n) is 9.18. The lowest BCUT2D eigenvalue weighted by molar-refractivity contribution is -0.138. The minimum atomic E-state index is -0.755. The molecule has 2 fully saturated rings. The number of amides is 1. The molecule has 2 aliphatic rings. The van der Waals surface area contributed by atoms with Crippen molar-refractivity contribution < 1.29 is 14.7 Å². The van der Waals surface area contributed by atoms with E-state index in [1.54, 1.807) is 30.4 Å². The number of hydrogen-bond acceptors (Lipinski definition) is 7. The van der Waals surface area contributed by atoms with Gasteiger partial charge in [0, 0.05) is 56.3 Å². The average Bonchev–Trinajstić information content (AvgIpc) is 2.85. The van der Waals surface area contributed by atoms with Crippen LogP contribution in [0.4, 0.5) is 5.82 Å². The Morgan fingerprint density at radius 2 is 1.97 bits per heavy atom. The van der Waals surface area contributed by atoms with Gasteiger partial charge in [-0.3, -0.25) is 19.6 Å². The largest absolute Gasteiger partial charge is 0.481 e. The summed E-state index contributed by atoms with van der Waals surface area (Å²) >= 11 is 1.56. The third-order valence-electron chi connectivity index (χ3n) is 6.55. The van der Waals surface area contributed by atoms with Crippen LogP contribution in [0.25, 0.3) is 0 Å². The molecule has 1 saturated carbocycles. The summed E-state index contributed by atoms with van der Waals surface area (Å²) in [6.45, 7) is 1.52. The Kier molecular flexibility index (Phi) is 8.73. The maximum absolute atomic E-state index is 13.2. The summed E-state index contributed by atoms with van der Waals surface area (Å²) in [5.74, 6) is 0.854. The maximum Gasteiger partial charge on any atom is 0.303 e. The molecule has 3 heterocycles. The zero-order valence-corrected chi connectivity index (χ0v) is 20.3. The number of aliphatic carboxylic acids is 1. The number of thioether (sulfide) groups is 1. The predicted octanol–water partition coefficient (Wildman–Crippen LogP) is 3.96. The highest BCUT2D eigenvalue weighted by atomic mass is 32.2. The molecule has 0 spiro atoms. The molecular weight excluding hydrogens is 450 g/mol. The molecule has 0 radical (unpaired) electrons. The topological polar surface area (TPSA) is 108 Å². The molecule has 1 atom stereocenters. The van der Waals surface area contributed by atoms with Crippen molar-refractivity contribution in [2.75, 3.05) is 23.7 Å². The number of carboxylic acid groups (broad SMARTS) is 1. The molecule has 1 saturated heterocycles. The van der Waals surface area contributed by atoms with E-state index in [9.17, 15) is 14.7 Å². The fourth-order valence-corrected chi connectivity index (χ4v) is 5.78. The Bertz CT molecular complexity index is 968. The summed E-state index contributed by atoms with van der Waals surface area (Å²) in [5, 5.41) is 13.1. The number of nitrogens with zero attached hydrogens (tertiary/aromatic N) is 4. The van der Waals surface area contributed by atoms with Gasteiger partial charge in [0.2, 0.25) is 0 Å². The van der Waals surface area contributed by atoms with Crippen LogP contribution in [0.3, 0.4) is 0 Å². The van der Waals surface area contributed by atoms with Crippen LogP contribution in [0.2, 0.25) is 0 Å². The van der Waals surface area contributed by atoms with E-state index in [2.05, 4.69) is 20.2 Å². The Labute approximate surface area is 205 Å². The number of aryl methyl sites for hydroxylation is 1. The van der Waals surface area contributed by atoms with Crippen LogP contribution in [-0.2, 0) is 11.2 Å². The average molecular weight is 484 g/mol. The Morgan fingerprint density at radius 3 is 2.74 bits per heavy atom. The van der Waals surface area contributed by atoms with Crippen molar-refractivity contribution in [2.45, 2.75) is 68.9 Å². The van der Waals surface area contributed by atoms with Gasteiger partial charge in [-0.25, -0.2) is 4.98 Å². The lowest BCUT2D eigenvalue weighted by Gasteiger charge is -2.33. The predicted molar refractivity (Wildman–Crippen MR) is 132 cm³/mol. The van der Waals surface area contributed by atoms with Crippen molar-refractivity contribution in [2.24, 2.45) is 5.92 Å². The van der Waals surface area contributed by atoms with Gasteiger partial charge in [0.1, 0.15) is 10.8 Å². The van der Waals surface area contributed by atoms with Crippen LogP contribution in [0.15, 0.2) is 35.7 Å². The van der Waals surface area contributed by atoms with Crippen molar-refractivity contribution in [3.8, 4) is 0 Å². The summed E-state index contributed by atoms with van der Waals surface area (Å²) < 4.78 is 0. The Hall–Kier alpha value is -2.68. The molecule has 9 heteroatoms. The highest BCUT2D eigenvalue weighted by Gasteiger charge is 2.25. The molecule has 1 aliphatic heterocycles. The number of rotatable bonds is 9. The number of hydrogen-bond donors (Lipinski definition) is 2. The van der Waals surface area contributed by atoms with Crippen LogP contribution in [-0.4, -0.2) is 56.8 Å². The fourth-order valence-electron chi connectivity index (χ4n) is 4.80. The van der Waals surface area contributed by atoms with Crippen molar-refractivity contribution in [3.63, 3.8) is 0 Å². The van der Waals surface area contributed by atoms with Crippen LogP contribution >= 0.6 is 11.8 Å². The third kappa shape index (κ3) is 6.91. The van der Waals surface area contributed by atoms with E-state index < -0.39 is 5.97 Å². The first-order chi connectivity index (χ1) is 16.6. The molecule has 1 amide bonds. The quantitative estimate of drug-likeness (QED) is 0.516. The van der Waals surface area contributed by atoms with Gasteiger partial charge in [0.05, 0.1) is 11.3 Å². The fraction of sp³-hybridized carbons (Fsp3) is 0.560. The monoisotopic (exact) mass is 483 g/mol. The number of nitrogens with one attached hydrogen (secondary N) is 1. The standard InChI is InChI=1S/C25H33N5O3S/c31-23(32)15-18-5-4-13-30(17-18)22-9-8-21(24(33)28-19-6-2-1-3-7-19)25(29-22)34-14-10-20-16-26-11-12-27-20/h8-9,11-12,16,18-19H,1-7,10,13-15,17H2,(H,28,33)(H,31,32)/t18-/m0/s1. The molecule has 2 aromatic rings. The summed E-state index contributed by atoms with van der Waals surface area (Å²) in [5.41, 5.74) is 1.52. The molecule has 182 valence electrons. The molecule has 1 aliphatic carbocycles. The van der Waals surface area contributed by atoms with E-state index in [0.717, 1.165) is 73.8 Å². The zero-order valence-electron chi connectivity index (χ0n) is 19.5. The number of anilines is 1. The zero-order chi connectivity index (χ0) is 23.8. The van der Waals surface area contributed by atoms with Crippen molar-refractivity contribution in [1.82, 2.24) is 20.3 Å². The number of carbonyl (C=O) groups is 2. The van der Waals surface area contributed by atoms with Crippen LogP contribution < -0.4 is 10.2 Å².